The first kappa shape index (κ1) is 45.0. The van der Waals surface area contributed by atoms with Crippen LogP contribution in [0, 0.1) is 0 Å². The SMILES string of the molecule is CCCCCCCCC/C=C\CCCCCCCCCC(=O)NC(COC1OC(CO)C(O)C(O)C1O)C(O)CCCCCCCCC. The molecule has 0 aromatic rings. The van der Waals surface area contributed by atoms with Crippen LogP contribution in [0.1, 0.15) is 174 Å². The Morgan fingerprint density at radius 1 is 0.688 bits per heavy atom. The third kappa shape index (κ3) is 21.9. The van der Waals surface area contributed by atoms with Gasteiger partial charge in [-0.3, -0.25) is 4.79 Å². The zero-order valence-electron chi connectivity index (χ0n) is 30.7. The summed E-state index contributed by atoms with van der Waals surface area (Å²) in [7, 11) is 0. The van der Waals surface area contributed by atoms with Gasteiger partial charge in [0.15, 0.2) is 6.29 Å². The minimum Gasteiger partial charge on any atom is -0.394 e. The Morgan fingerprint density at radius 2 is 1.17 bits per heavy atom. The Bertz CT molecular complexity index is 766. The minimum atomic E-state index is -1.55. The summed E-state index contributed by atoms with van der Waals surface area (Å²) in [4.78, 5) is 12.8. The lowest BCUT2D eigenvalue weighted by Crippen LogP contribution is -2.60. The van der Waals surface area contributed by atoms with E-state index in [1.54, 1.807) is 0 Å². The predicted octanol–water partition coefficient (Wildman–Crippen LogP) is 7.00. The molecule has 1 aliphatic heterocycles. The van der Waals surface area contributed by atoms with Crippen LogP contribution < -0.4 is 5.32 Å². The Labute approximate surface area is 293 Å². The molecular formula is C39H75NO8. The average molecular weight is 686 g/mol. The molecule has 7 unspecified atom stereocenters. The molecule has 1 saturated heterocycles. The molecule has 1 amide bonds. The van der Waals surface area contributed by atoms with E-state index in [4.69, 9.17) is 9.47 Å². The number of ether oxygens (including phenoxy) is 2. The second-order valence-electron chi connectivity index (χ2n) is 14.1. The van der Waals surface area contributed by atoms with Crippen LogP contribution in [0.3, 0.4) is 0 Å². The van der Waals surface area contributed by atoms with Gasteiger partial charge in [-0.25, -0.2) is 0 Å². The van der Waals surface area contributed by atoms with Gasteiger partial charge in [0, 0.05) is 6.42 Å². The van der Waals surface area contributed by atoms with E-state index in [-0.39, 0.29) is 12.5 Å². The maximum atomic E-state index is 12.8. The molecule has 1 rings (SSSR count). The largest absolute Gasteiger partial charge is 0.394 e. The summed E-state index contributed by atoms with van der Waals surface area (Å²) in [5, 5.41) is 53.9. The van der Waals surface area contributed by atoms with E-state index in [1.807, 2.05) is 0 Å². The molecule has 284 valence electrons. The molecular weight excluding hydrogens is 610 g/mol. The Hall–Kier alpha value is -1.07. The highest BCUT2D eigenvalue weighted by molar-refractivity contribution is 5.76. The summed E-state index contributed by atoms with van der Waals surface area (Å²) in [6.45, 7) is 3.76. The van der Waals surface area contributed by atoms with E-state index in [9.17, 15) is 30.3 Å². The maximum Gasteiger partial charge on any atom is 0.220 e. The van der Waals surface area contributed by atoms with Gasteiger partial charge in [-0.2, -0.15) is 0 Å². The van der Waals surface area contributed by atoms with E-state index in [2.05, 4.69) is 31.3 Å². The molecule has 0 bridgehead atoms. The first-order chi connectivity index (χ1) is 23.3. The van der Waals surface area contributed by atoms with Crippen LogP contribution in [0.15, 0.2) is 12.2 Å². The molecule has 1 heterocycles. The van der Waals surface area contributed by atoms with Crippen molar-refractivity contribution in [3.63, 3.8) is 0 Å². The van der Waals surface area contributed by atoms with Crippen LogP contribution in [0.25, 0.3) is 0 Å². The van der Waals surface area contributed by atoms with Crippen molar-refractivity contribution < 1.29 is 39.8 Å². The zero-order chi connectivity index (χ0) is 35.2. The topological polar surface area (TPSA) is 149 Å². The molecule has 1 fully saturated rings. The zero-order valence-corrected chi connectivity index (χ0v) is 30.7. The Balaban J connectivity index is 2.31. The number of carbonyl (C=O) groups is 1. The van der Waals surface area contributed by atoms with E-state index < -0.39 is 49.5 Å². The van der Waals surface area contributed by atoms with E-state index in [0.717, 1.165) is 38.5 Å². The lowest BCUT2D eigenvalue weighted by molar-refractivity contribution is -0.302. The lowest BCUT2D eigenvalue weighted by atomic mass is 9.99. The fraction of sp³-hybridized carbons (Fsp3) is 0.923. The minimum absolute atomic E-state index is 0.138. The summed E-state index contributed by atoms with van der Waals surface area (Å²) in [5.41, 5.74) is 0. The smallest absolute Gasteiger partial charge is 0.220 e. The first-order valence-corrected chi connectivity index (χ1v) is 19.9. The molecule has 0 aliphatic carbocycles. The van der Waals surface area contributed by atoms with Gasteiger partial charge in [0.25, 0.3) is 0 Å². The summed E-state index contributed by atoms with van der Waals surface area (Å²) < 4.78 is 11.2. The number of rotatable bonds is 32. The van der Waals surface area contributed by atoms with Crippen molar-refractivity contribution in [3.8, 4) is 0 Å². The molecule has 1 aliphatic rings. The van der Waals surface area contributed by atoms with Gasteiger partial charge < -0.3 is 40.3 Å². The van der Waals surface area contributed by atoms with Crippen molar-refractivity contribution in [1.29, 1.82) is 0 Å². The number of hydrogen-bond donors (Lipinski definition) is 6. The standard InChI is InChI=1S/C39H75NO8/c1-3-5-7-9-11-12-13-14-15-16-17-18-19-20-21-23-25-27-29-35(43)40-32(33(42)28-26-24-22-10-8-6-4-2)31-47-39-38(46)37(45)36(44)34(30-41)48-39/h15-16,32-34,36-39,41-42,44-46H,3-14,17-31H2,1-2H3,(H,40,43)/b16-15-. The van der Waals surface area contributed by atoms with Crippen LogP contribution in [-0.2, 0) is 14.3 Å². The molecule has 9 nitrogen and oxygen atoms in total. The summed E-state index contributed by atoms with van der Waals surface area (Å²) in [5.74, 6) is -0.153. The summed E-state index contributed by atoms with van der Waals surface area (Å²) in [6, 6.07) is -0.713. The molecule has 0 aromatic heterocycles. The second kappa shape index (κ2) is 30.7. The van der Waals surface area contributed by atoms with Gasteiger partial charge in [-0.15, -0.1) is 0 Å². The molecule has 0 spiro atoms. The normalized spacial score (nSPS) is 22.7. The monoisotopic (exact) mass is 686 g/mol. The molecule has 0 radical (unpaired) electrons. The molecule has 0 aromatic carbocycles. The van der Waals surface area contributed by atoms with Crippen LogP contribution >= 0.6 is 0 Å². The van der Waals surface area contributed by atoms with Crippen molar-refractivity contribution in [3.05, 3.63) is 12.2 Å². The highest BCUT2D eigenvalue weighted by Crippen LogP contribution is 2.23. The number of nitrogens with one attached hydrogen (secondary N) is 1. The quantitative estimate of drug-likeness (QED) is 0.0328. The highest BCUT2D eigenvalue weighted by Gasteiger charge is 2.44. The van der Waals surface area contributed by atoms with Crippen molar-refractivity contribution in [1.82, 2.24) is 5.32 Å². The van der Waals surface area contributed by atoms with Gasteiger partial charge in [-0.1, -0.05) is 142 Å². The number of carbonyl (C=O) groups excluding carboxylic acids is 1. The van der Waals surface area contributed by atoms with Gasteiger partial charge in [0.1, 0.15) is 24.4 Å². The molecule has 6 N–H and O–H groups in total. The van der Waals surface area contributed by atoms with Crippen LogP contribution in [0.4, 0.5) is 0 Å². The third-order valence-corrected chi connectivity index (χ3v) is 9.62. The number of amides is 1. The summed E-state index contributed by atoms with van der Waals surface area (Å²) >= 11 is 0. The summed E-state index contributed by atoms with van der Waals surface area (Å²) in [6.07, 6.45) is 25.2. The fourth-order valence-corrected chi connectivity index (χ4v) is 6.33. The first-order valence-electron chi connectivity index (χ1n) is 19.9. The molecule has 0 saturated carbocycles. The predicted molar refractivity (Wildman–Crippen MR) is 194 cm³/mol. The molecule has 9 heteroatoms. The van der Waals surface area contributed by atoms with Gasteiger partial charge in [-0.05, 0) is 38.5 Å². The van der Waals surface area contributed by atoms with E-state index >= 15 is 0 Å². The molecule has 7 atom stereocenters. The van der Waals surface area contributed by atoms with Crippen molar-refractivity contribution in [2.45, 2.75) is 217 Å². The van der Waals surface area contributed by atoms with Gasteiger partial charge in [0.2, 0.25) is 5.91 Å². The van der Waals surface area contributed by atoms with Crippen molar-refractivity contribution in [2.75, 3.05) is 13.2 Å². The van der Waals surface area contributed by atoms with Gasteiger partial charge in [0.05, 0.1) is 25.4 Å². The van der Waals surface area contributed by atoms with Crippen LogP contribution in [0.2, 0.25) is 0 Å². The van der Waals surface area contributed by atoms with Crippen LogP contribution in [0.5, 0.6) is 0 Å². The number of aliphatic hydroxyl groups is 5. The van der Waals surface area contributed by atoms with Gasteiger partial charge >= 0.3 is 0 Å². The number of hydrogen-bond acceptors (Lipinski definition) is 8. The number of unbranched alkanes of at least 4 members (excludes halogenated alkanes) is 20. The third-order valence-electron chi connectivity index (χ3n) is 9.62. The van der Waals surface area contributed by atoms with E-state index in [1.165, 1.54) is 109 Å². The number of aliphatic hydroxyl groups excluding tert-OH is 5. The van der Waals surface area contributed by atoms with Crippen LogP contribution in [-0.4, -0.2) is 87.5 Å². The van der Waals surface area contributed by atoms with Crippen molar-refractivity contribution in [2.24, 2.45) is 0 Å². The lowest BCUT2D eigenvalue weighted by Gasteiger charge is -2.40. The second-order valence-corrected chi connectivity index (χ2v) is 14.1. The highest BCUT2D eigenvalue weighted by atomic mass is 16.7. The Kier molecular flexibility index (Phi) is 28.8. The molecule has 48 heavy (non-hydrogen) atoms. The average Bonchev–Trinajstić information content (AvgIpc) is 3.08. The maximum absolute atomic E-state index is 12.8. The van der Waals surface area contributed by atoms with Crippen molar-refractivity contribution >= 4 is 5.91 Å². The number of allylic oxidation sites excluding steroid dienone is 2. The Morgan fingerprint density at radius 3 is 1.69 bits per heavy atom. The van der Waals surface area contributed by atoms with E-state index in [0.29, 0.717) is 12.8 Å². The fourth-order valence-electron chi connectivity index (χ4n) is 6.33.